The number of hydrogen-bond donors (Lipinski definition) is 0. The number of carbonyl (C=O) groups is 1. The molecule has 0 spiro atoms. The quantitative estimate of drug-likeness (QED) is 0.813. The van der Waals surface area contributed by atoms with Gasteiger partial charge in [0, 0.05) is 10.9 Å². The van der Waals surface area contributed by atoms with E-state index in [2.05, 4.69) is 0 Å². The van der Waals surface area contributed by atoms with E-state index in [4.69, 9.17) is 18.9 Å². The van der Waals surface area contributed by atoms with Gasteiger partial charge < -0.3 is 18.9 Å². The minimum atomic E-state index is -0.429. The number of ether oxygens (including phenoxy) is 4. The van der Waals surface area contributed by atoms with E-state index in [1.54, 1.807) is 27.4 Å². The molecule has 110 valence electrons. The zero-order valence-corrected chi connectivity index (χ0v) is 12.7. The first-order valence-corrected chi connectivity index (χ1v) is 7.15. The molecule has 1 unspecified atom stereocenters. The van der Waals surface area contributed by atoms with Crippen LogP contribution in [0.4, 0.5) is 0 Å². The number of benzene rings is 1. The van der Waals surface area contributed by atoms with Crippen LogP contribution in [0.25, 0.3) is 0 Å². The molecule has 2 aromatic rings. The van der Waals surface area contributed by atoms with Gasteiger partial charge in [-0.2, -0.15) is 0 Å². The SMILES string of the molecule is COc1ccc(C2OC(=O)c3c(OC)csc32)cc1OC. The molecule has 1 aliphatic rings. The Kier molecular flexibility index (Phi) is 3.47. The number of thiophene rings is 1. The summed E-state index contributed by atoms with van der Waals surface area (Å²) < 4.78 is 21.2. The second-order valence-corrected chi connectivity index (χ2v) is 5.35. The molecule has 0 fully saturated rings. The summed E-state index contributed by atoms with van der Waals surface area (Å²) >= 11 is 1.45. The average Bonchev–Trinajstić information content (AvgIpc) is 3.08. The Hall–Kier alpha value is -2.21. The van der Waals surface area contributed by atoms with E-state index in [9.17, 15) is 4.79 Å². The van der Waals surface area contributed by atoms with Crippen LogP contribution in [0, 0.1) is 0 Å². The Bertz CT molecular complexity index is 691. The number of fused-ring (bicyclic) bond motifs is 1. The van der Waals surface area contributed by atoms with Crippen LogP contribution < -0.4 is 14.2 Å². The van der Waals surface area contributed by atoms with Gasteiger partial charge in [-0.3, -0.25) is 0 Å². The summed E-state index contributed by atoms with van der Waals surface area (Å²) in [6.07, 6.45) is -0.429. The van der Waals surface area contributed by atoms with E-state index >= 15 is 0 Å². The fourth-order valence-electron chi connectivity index (χ4n) is 2.36. The third kappa shape index (κ3) is 2.12. The fraction of sp³-hybridized carbons (Fsp3) is 0.267. The van der Waals surface area contributed by atoms with E-state index in [1.807, 2.05) is 17.5 Å². The first kappa shape index (κ1) is 13.8. The van der Waals surface area contributed by atoms with Crippen LogP contribution in [-0.4, -0.2) is 27.3 Å². The van der Waals surface area contributed by atoms with E-state index in [0.29, 0.717) is 22.8 Å². The van der Waals surface area contributed by atoms with Crippen LogP contribution in [0.5, 0.6) is 17.2 Å². The van der Waals surface area contributed by atoms with Gasteiger partial charge >= 0.3 is 5.97 Å². The number of carbonyl (C=O) groups excluding carboxylic acids is 1. The van der Waals surface area contributed by atoms with Gasteiger partial charge in [-0.15, -0.1) is 11.3 Å². The van der Waals surface area contributed by atoms with Crippen molar-refractivity contribution in [3.05, 3.63) is 39.6 Å². The van der Waals surface area contributed by atoms with Crippen molar-refractivity contribution in [3.8, 4) is 17.2 Å². The highest BCUT2D eigenvalue weighted by Gasteiger charge is 2.37. The smallest absolute Gasteiger partial charge is 0.344 e. The van der Waals surface area contributed by atoms with Crippen LogP contribution >= 0.6 is 11.3 Å². The maximum Gasteiger partial charge on any atom is 0.344 e. The minimum absolute atomic E-state index is 0.358. The van der Waals surface area contributed by atoms with Crippen LogP contribution in [0.2, 0.25) is 0 Å². The van der Waals surface area contributed by atoms with Crippen LogP contribution in [-0.2, 0) is 4.74 Å². The molecule has 1 atom stereocenters. The summed E-state index contributed by atoms with van der Waals surface area (Å²) in [5, 5.41) is 1.82. The normalized spacial score (nSPS) is 16.3. The van der Waals surface area contributed by atoms with Crippen molar-refractivity contribution in [1.29, 1.82) is 0 Å². The van der Waals surface area contributed by atoms with Crippen LogP contribution in [0.3, 0.4) is 0 Å². The van der Waals surface area contributed by atoms with Gasteiger partial charge in [0.25, 0.3) is 0 Å². The van der Waals surface area contributed by atoms with Gasteiger partial charge in [0.05, 0.1) is 26.2 Å². The third-order valence-electron chi connectivity index (χ3n) is 3.38. The first-order valence-electron chi connectivity index (χ1n) is 6.27. The maximum absolute atomic E-state index is 12.0. The summed E-state index contributed by atoms with van der Waals surface area (Å²) in [5.74, 6) is 1.43. The Labute approximate surface area is 126 Å². The van der Waals surface area contributed by atoms with E-state index in [1.165, 1.54) is 11.3 Å². The minimum Gasteiger partial charge on any atom is -0.495 e. The number of rotatable bonds is 4. The Morgan fingerprint density at radius 1 is 1.05 bits per heavy atom. The van der Waals surface area contributed by atoms with Gasteiger partial charge in [-0.1, -0.05) is 6.07 Å². The van der Waals surface area contributed by atoms with Crippen molar-refractivity contribution < 1.29 is 23.7 Å². The monoisotopic (exact) mass is 306 g/mol. The Morgan fingerprint density at radius 3 is 2.43 bits per heavy atom. The molecule has 21 heavy (non-hydrogen) atoms. The van der Waals surface area contributed by atoms with Gasteiger partial charge in [-0.25, -0.2) is 4.79 Å². The summed E-state index contributed by atoms with van der Waals surface area (Å²) in [5.41, 5.74) is 1.35. The van der Waals surface area contributed by atoms with Crippen molar-refractivity contribution in [2.45, 2.75) is 6.10 Å². The second kappa shape index (κ2) is 5.29. The lowest BCUT2D eigenvalue weighted by Crippen LogP contribution is -2.02. The molecule has 0 amide bonds. The van der Waals surface area contributed by atoms with Crippen molar-refractivity contribution in [2.24, 2.45) is 0 Å². The predicted molar refractivity (Wildman–Crippen MR) is 77.7 cm³/mol. The van der Waals surface area contributed by atoms with E-state index < -0.39 is 6.10 Å². The van der Waals surface area contributed by atoms with Gasteiger partial charge in [0.15, 0.2) is 17.6 Å². The zero-order valence-electron chi connectivity index (χ0n) is 11.8. The number of cyclic esters (lactones) is 1. The number of methoxy groups -OCH3 is 3. The molecule has 1 aromatic carbocycles. The zero-order chi connectivity index (χ0) is 15.0. The predicted octanol–water partition coefficient (Wildman–Crippen LogP) is 3.03. The topological polar surface area (TPSA) is 54.0 Å². The van der Waals surface area contributed by atoms with Crippen LogP contribution in [0.15, 0.2) is 23.6 Å². The molecular formula is C15H14O5S. The summed E-state index contributed by atoms with van der Waals surface area (Å²) in [6.45, 7) is 0. The molecule has 0 aliphatic carbocycles. The van der Waals surface area contributed by atoms with Gasteiger partial charge in [0.1, 0.15) is 11.3 Å². The van der Waals surface area contributed by atoms with Crippen molar-refractivity contribution >= 4 is 17.3 Å². The van der Waals surface area contributed by atoms with Crippen molar-refractivity contribution in [3.63, 3.8) is 0 Å². The fourth-order valence-corrected chi connectivity index (χ4v) is 3.41. The second-order valence-electron chi connectivity index (χ2n) is 4.44. The highest BCUT2D eigenvalue weighted by atomic mass is 32.1. The number of esters is 1. The highest BCUT2D eigenvalue weighted by molar-refractivity contribution is 7.10. The third-order valence-corrected chi connectivity index (χ3v) is 4.39. The lowest BCUT2D eigenvalue weighted by molar-refractivity contribution is 0.0455. The molecule has 0 saturated carbocycles. The van der Waals surface area contributed by atoms with Crippen molar-refractivity contribution in [1.82, 2.24) is 0 Å². The molecule has 1 aliphatic heterocycles. The van der Waals surface area contributed by atoms with Crippen LogP contribution in [0.1, 0.15) is 26.9 Å². The van der Waals surface area contributed by atoms with Crippen molar-refractivity contribution in [2.75, 3.05) is 21.3 Å². The molecule has 5 nitrogen and oxygen atoms in total. The lowest BCUT2D eigenvalue weighted by Gasteiger charge is -2.13. The number of hydrogen-bond acceptors (Lipinski definition) is 6. The molecule has 1 aromatic heterocycles. The Morgan fingerprint density at radius 2 is 1.76 bits per heavy atom. The standard InChI is InChI=1S/C15H14O5S/c1-17-9-5-4-8(6-10(9)18-2)13-14-12(15(16)20-13)11(19-3)7-21-14/h4-7,13H,1-3H3. The van der Waals surface area contributed by atoms with Gasteiger partial charge in [0.2, 0.25) is 0 Å². The summed E-state index contributed by atoms with van der Waals surface area (Å²) in [4.78, 5) is 12.9. The summed E-state index contributed by atoms with van der Waals surface area (Å²) in [7, 11) is 4.69. The molecule has 0 radical (unpaired) electrons. The average molecular weight is 306 g/mol. The molecule has 0 saturated heterocycles. The van der Waals surface area contributed by atoms with Gasteiger partial charge in [-0.05, 0) is 12.1 Å². The summed E-state index contributed by atoms with van der Waals surface area (Å²) in [6, 6.07) is 5.48. The van der Waals surface area contributed by atoms with E-state index in [0.717, 1.165) is 10.4 Å². The molecule has 0 bridgehead atoms. The Balaban J connectivity index is 2.03. The molecule has 2 heterocycles. The first-order chi connectivity index (χ1) is 10.2. The largest absolute Gasteiger partial charge is 0.495 e. The molecular weight excluding hydrogens is 292 g/mol. The molecule has 0 N–H and O–H groups in total. The van der Waals surface area contributed by atoms with E-state index in [-0.39, 0.29) is 5.97 Å². The lowest BCUT2D eigenvalue weighted by atomic mass is 10.1. The molecule has 3 rings (SSSR count). The maximum atomic E-state index is 12.0. The molecule has 6 heteroatoms. The highest BCUT2D eigenvalue weighted by Crippen LogP contribution is 2.45.